The zero-order valence-corrected chi connectivity index (χ0v) is 12.4. The molecule has 5 nitrogen and oxygen atoms in total. The highest BCUT2D eigenvalue weighted by Crippen LogP contribution is 2.30. The maximum Gasteiger partial charge on any atom is 0.313 e. The van der Waals surface area contributed by atoms with Gasteiger partial charge >= 0.3 is 5.97 Å². The molecule has 2 aromatic rings. The predicted octanol–water partition coefficient (Wildman–Crippen LogP) is 3.22. The van der Waals surface area contributed by atoms with Crippen LogP contribution in [0.25, 0.3) is 11.0 Å². The first-order valence-corrected chi connectivity index (χ1v) is 7.43. The van der Waals surface area contributed by atoms with Crippen molar-refractivity contribution in [2.24, 2.45) is 0 Å². The van der Waals surface area contributed by atoms with E-state index < -0.39 is 5.97 Å². The van der Waals surface area contributed by atoms with Crippen LogP contribution < -0.4 is 0 Å². The van der Waals surface area contributed by atoms with E-state index in [1.165, 1.54) is 0 Å². The van der Waals surface area contributed by atoms with Crippen molar-refractivity contribution in [1.82, 2.24) is 9.55 Å². The average molecular weight is 301 g/mol. The van der Waals surface area contributed by atoms with Crippen LogP contribution in [0.2, 0.25) is 0 Å². The lowest BCUT2D eigenvalue weighted by atomic mass is 10.2. The second-order valence-electron chi connectivity index (χ2n) is 4.61. The van der Waals surface area contributed by atoms with Crippen LogP contribution in [0, 0.1) is 11.3 Å². The number of aliphatic carboxylic acids is 1. The van der Waals surface area contributed by atoms with E-state index in [9.17, 15) is 10.1 Å². The molecule has 0 amide bonds. The van der Waals surface area contributed by atoms with Gasteiger partial charge in [-0.2, -0.15) is 5.26 Å². The highest BCUT2D eigenvalue weighted by molar-refractivity contribution is 7.99. The van der Waals surface area contributed by atoms with Gasteiger partial charge in [-0.25, -0.2) is 4.98 Å². The van der Waals surface area contributed by atoms with Crippen LogP contribution in [0.1, 0.15) is 24.9 Å². The van der Waals surface area contributed by atoms with Crippen LogP contribution in [0.4, 0.5) is 0 Å². The number of fused-ring (bicyclic) bond motifs is 1. The van der Waals surface area contributed by atoms with Gasteiger partial charge in [0.2, 0.25) is 0 Å². The Kier molecular flexibility index (Phi) is 4.66. The fourth-order valence-electron chi connectivity index (χ4n) is 2.19. The van der Waals surface area contributed by atoms with Gasteiger partial charge in [0.15, 0.2) is 5.16 Å². The minimum atomic E-state index is -0.893. The van der Waals surface area contributed by atoms with Crippen LogP contribution in [-0.4, -0.2) is 26.4 Å². The van der Waals surface area contributed by atoms with Gasteiger partial charge < -0.3 is 9.67 Å². The summed E-state index contributed by atoms with van der Waals surface area (Å²) in [5, 5.41) is 18.7. The van der Waals surface area contributed by atoms with Gasteiger partial charge in [0.1, 0.15) is 11.6 Å². The first-order valence-electron chi connectivity index (χ1n) is 6.45. The Morgan fingerprint density at radius 3 is 3.05 bits per heavy atom. The van der Waals surface area contributed by atoms with Gasteiger partial charge in [0, 0.05) is 6.04 Å². The number of carboxylic acids is 1. The van der Waals surface area contributed by atoms with Crippen LogP contribution in [0.15, 0.2) is 36.0 Å². The highest BCUT2D eigenvalue weighted by atomic mass is 32.2. The lowest BCUT2D eigenvalue weighted by molar-refractivity contribution is -0.133. The Morgan fingerprint density at radius 2 is 2.43 bits per heavy atom. The molecule has 0 saturated heterocycles. The number of imidazole rings is 1. The Morgan fingerprint density at radius 1 is 1.67 bits per heavy atom. The molecular weight excluding hydrogens is 286 g/mol. The maximum absolute atomic E-state index is 10.8. The third kappa shape index (κ3) is 3.09. The van der Waals surface area contributed by atoms with Crippen molar-refractivity contribution in [1.29, 1.82) is 5.26 Å². The molecule has 1 aromatic carbocycles. The number of aromatic nitrogens is 2. The smallest absolute Gasteiger partial charge is 0.313 e. The van der Waals surface area contributed by atoms with Crippen LogP contribution in [-0.2, 0) is 4.79 Å². The zero-order valence-electron chi connectivity index (χ0n) is 11.6. The van der Waals surface area contributed by atoms with Crippen molar-refractivity contribution >= 4 is 28.8 Å². The molecule has 1 aromatic heterocycles. The highest BCUT2D eigenvalue weighted by Gasteiger charge is 2.18. The van der Waals surface area contributed by atoms with Gasteiger partial charge in [-0.05, 0) is 25.5 Å². The van der Waals surface area contributed by atoms with E-state index in [-0.39, 0.29) is 11.8 Å². The quantitative estimate of drug-likeness (QED) is 0.654. The molecule has 0 bridgehead atoms. The summed E-state index contributed by atoms with van der Waals surface area (Å²) in [4.78, 5) is 15.3. The molecule has 1 heterocycles. The number of nitriles is 1. The number of para-hydroxylation sites is 1. The van der Waals surface area contributed by atoms with E-state index in [1.807, 2.05) is 29.7 Å². The van der Waals surface area contributed by atoms with Crippen LogP contribution >= 0.6 is 11.8 Å². The minimum absolute atomic E-state index is 0.0635. The fraction of sp³-hybridized carbons (Fsp3) is 0.267. The molecule has 1 N–H and O–H groups in total. The zero-order chi connectivity index (χ0) is 15.4. The van der Waals surface area contributed by atoms with Crippen molar-refractivity contribution in [2.45, 2.75) is 24.5 Å². The number of thioether (sulfide) groups is 1. The number of carboxylic acid groups (broad SMARTS) is 1. The summed E-state index contributed by atoms with van der Waals surface area (Å²) in [6.07, 6.45) is 2.55. The lowest BCUT2D eigenvalue weighted by Crippen LogP contribution is -2.07. The Balaban J connectivity index is 2.59. The molecule has 21 heavy (non-hydrogen) atoms. The van der Waals surface area contributed by atoms with Crippen molar-refractivity contribution in [3.8, 4) is 6.07 Å². The summed E-state index contributed by atoms with van der Waals surface area (Å²) in [7, 11) is 0. The van der Waals surface area contributed by atoms with E-state index in [0.717, 1.165) is 23.7 Å². The number of allylic oxidation sites excluding steroid dienone is 1. The van der Waals surface area contributed by atoms with Crippen LogP contribution in [0.5, 0.6) is 0 Å². The van der Waals surface area contributed by atoms with E-state index in [2.05, 4.69) is 17.6 Å². The second-order valence-corrected chi connectivity index (χ2v) is 5.55. The van der Waals surface area contributed by atoms with Gasteiger partial charge in [-0.1, -0.05) is 23.9 Å². The molecule has 0 radical (unpaired) electrons. The minimum Gasteiger partial charge on any atom is -0.481 e. The number of hydrogen-bond donors (Lipinski definition) is 1. The predicted molar refractivity (Wildman–Crippen MR) is 82.3 cm³/mol. The number of rotatable bonds is 6. The van der Waals surface area contributed by atoms with Crippen molar-refractivity contribution in [2.75, 3.05) is 5.75 Å². The number of hydrogen-bond acceptors (Lipinski definition) is 4. The largest absolute Gasteiger partial charge is 0.481 e. The summed E-state index contributed by atoms with van der Waals surface area (Å²) >= 11 is 1.16. The second kappa shape index (κ2) is 6.46. The molecule has 0 aliphatic heterocycles. The topological polar surface area (TPSA) is 78.9 Å². The summed E-state index contributed by atoms with van der Waals surface area (Å²) < 4.78 is 1.98. The molecule has 0 aliphatic rings. The van der Waals surface area contributed by atoms with Gasteiger partial charge in [-0.15, -0.1) is 6.58 Å². The first-order chi connectivity index (χ1) is 10.1. The maximum atomic E-state index is 10.8. The third-order valence-electron chi connectivity index (χ3n) is 3.08. The summed E-state index contributed by atoms with van der Waals surface area (Å²) in [5.74, 6) is -0.957. The SMILES string of the molecule is C=CCC(C)n1c(SCC(=O)O)nc2c(C#N)cccc21. The van der Waals surface area contributed by atoms with E-state index in [0.29, 0.717) is 16.2 Å². The standard InChI is InChI=1S/C15H15N3O2S/c1-3-5-10(2)18-12-7-4-6-11(8-16)14(12)17-15(18)21-9-13(19)20/h3-4,6-7,10H,1,5,9H2,2H3,(H,19,20). The fourth-order valence-corrected chi connectivity index (χ4v) is 3.01. The van der Waals surface area contributed by atoms with Crippen LogP contribution in [0.3, 0.4) is 0 Å². The Bertz CT molecular complexity index is 730. The van der Waals surface area contributed by atoms with Crippen molar-refractivity contribution in [3.05, 3.63) is 36.4 Å². The van der Waals surface area contributed by atoms with Gasteiger partial charge in [0.25, 0.3) is 0 Å². The van der Waals surface area contributed by atoms with Gasteiger partial charge in [0.05, 0.1) is 16.8 Å². The first kappa shape index (κ1) is 15.1. The monoisotopic (exact) mass is 301 g/mol. The average Bonchev–Trinajstić information content (AvgIpc) is 2.83. The molecule has 0 fully saturated rings. The third-order valence-corrected chi connectivity index (χ3v) is 4.02. The summed E-state index contributed by atoms with van der Waals surface area (Å²) in [6, 6.07) is 7.64. The molecule has 0 spiro atoms. The van der Waals surface area contributed by atoms with Crippen molar-refractivity contribution < 1.29 is 9.90 Å². The summed E-state index contributed by atoms with van der Waals surface area (Å²) in [5.41, 5.74) is 1.95. The Hall–Kier alpha value is -2.26. The van der Waals surface area contributed by atoms with E-state index in [1.54, 1.807) is 6.07 Å². The van der Waals surface area contributed by atoms with E-state index >= 15 is 0 Å². The molecular formula is C15H15N3O2S. The van der Waals surface area contributed by atoms with E-state index in [4.69, 9.17) is 5.11 Å². The normalized spacial score (nSPS) is 12.0. The van der Waals surface area contributed by atoms with Crippen molar-refractivity contribution in [3.63, 3.8) is 0 Å². The van der Waals surface area contributed by atoms with Gasteiger partial charge in [-0.3, -0.25) is 4.79 Å². The molecule has 108 valence electrons. The molecule has 0 saturated carbocycles. The molecule has 1 unspecified atom stereocenters. The number of carbonyl (C=O) groups is 1. The lowest BCUT2D eigenvalue weighted by Gasteiger charge is -2.15. The summed E-state index contributed by atoms with van der Waals surface area (Å²) in [6.45, 7) is 5.76. The Labute approximate surface area is 126 Å². The molecule has 1 atom stereocenters. The molecule has 2 rings (SSSR count). The molecule has 0 aliphatic carbocycles. The number of nitrogens with zero attached hydrogens (tertiary/aromatic N) is 3. The number of benzene rings is 1. The molecule has 6 heteroatoms.